The van der Waals surface area contributed by atoms with Gasteiger partial charge in [-0.25, -0.2) is 0 Å². The maximum Gasteiger partial charge on any atom is 0.226 e. The molecule has 116 valence electrons. The number of ether oxygens (including phenoxy) is 3. The van der Waals surface area contributed by atoms with Gasteiger partial charge in [0.05, 0.1) is 39.0 Å². The molecule has 1 aromatic carbocycles. The highest BCUT2D eigenvalue weighted by molar-refractivity contribution is 5.92. The van der Waals surface area contributed by atoms with E-state index in [1.807, 2.05) is 0 Å². The second-order valence-electron chi connectivity index (χ2n) is 5.06. The number of rotatable bonds is 7. The first kappa shape index (κ1) is 15.6. The largest absolute Gasteiger partial charge is 0.495 e. The van der Waals surface area contributed by atoms with Gasteiger partial charge in [-0.3, -0.25) is 4.79 Å². The normalized spacial score (nSPS) is 17.7. The average Bonchev–Trinajstić information content (AvgIpc) is 2.97. The minimum absolute atomic E-state index is 0.124. The number of nitrogen functional groups attached to an aromatic ring is 1. The standard InChI is InChI=1S/C15H22N2O4/c1-19-14-3-2-12(16)8-13(14)17-15(18)5-7-21-10-11-4-6-20-9-11/h2-3,8,11H,4-7,9-10,16H2,1H3,(H,17,18). The third-order valence-electron chi connectivity index (χ3n) is 3.35. The molecule has 1 aromatic rings. The Morgan fingerprint density at radius 2 is 2.38 bits per heavy atom. The summed E-state index contributed by atoms with van der Waals surface area (Å²) in [6.07, 6.45) is 1.33. The van der Waals surface area contributed by atoms with Gasteiger partial charge in [0.1, 0.15) is 5.75 Å². The lowest BCUT2D eigenvalue weighted by atomic mass is 10.1. The van der Waals surface area contributed by atoms with Crippen molar-refractivity contribution >= 4 is 17.3 Å². The smallest absolute Gasteiger partial charge is 0.226 e. The van der Waals surface area contributed by atoms with E-state index in [2.05, 4.69) is 5.32 Å². The Hall–Kier alpha value is -1.79. The first-order valence-electron chi connectivity index (χ1n) is 7.08. The predicted molar refractivity (Wildman–Crippen MR) is 80.4 cm³/mol. The van der Waals surface area contributed by atoms with Gasteiger partial charge in [0, 0.05) is 18.2 Å². The summed E-state index contributed by atoms with van der Waals surface area (Å²) in [6, 6.07) is 5.12. The van der Waals surface area contributed by atoms with Crippen LogP contribution in [0.3, 0.4) is 0 Å². The maximum atomic E-state index is 11.9. The first-order chi connectivity index (χ1) is 10.2. The highest BCUT2D eigenvalue weighted by atomic mass is 16.5. The minimum Gasteiger partial charge on any atom is -0.495 e. The Morgan fingerprint density at radius 1 is 1.52 bits per heavy atom. The number of carbonyl (C=O) groups excluding carboxylic acids is 1. The number of benzene rings is 1. The zero-order valence-corrected chi connectivity index (χ0v) is 12.3. The van der Waals surface area contributed by atoms with Gasteiger partial charge in [0.25, 0.3) is 0 Å². The third-order valence-corrected chi connectivity index (χ3v) is 3.35. The molecule has 0 bridgehead atoms. The van der Waals surface area contributed by atoms with E-state index in [1.54, 1.807) is 25.3 Å². The van der Waals surface area contributed by atoms with Crippen LogP contribution in [0.5, 0.6) is 5.75 Å². The number of anilines is 2. The van der Waals surface area contributed by atoms with E-state index in [0.717, 1.165) is 19.6 Å². The van der Waals surface area contributed by atoms with Crippen molar-refractivity contribution in [1.82, 2.24) is 0 Å². The van der Waals surface area contributed by atoms with Gasteiger partial charge in [-0.2, -0.15) is 0 Å². The Bertz CT molecular complexity index is 473. The highest BCUT2D eigenvalue weighted by Gasteiger charge is 2.15. The molecule has 3 N–H and O–H groups in total. The lowest BCUT2D eigenvalue weighted by Crippen LogP contribution is -2.17. The minimum atomic E-state index is -0.124. The van der Waals surface area contributed by atoms with Crippen LogP contribution in [-0.2, 0) is 14.3 Å². The van der Waals surface area contributed by atoms with Crippen LogP contribution in [-0.4, -0.2) is 39.4 Å². The van der Waals surface area contributed by atoms with Crippen molar-refractivity contribution < 1.29 is 19.0 Å². The zero-order chi connectivity index (χ0) is 15.1. The Labute approximate surface area is 124 Å². The summed E-state index contributed by atoms with van der Waals surface area (Å²) in [5.74, 6) is 0.922. The quantitative estimate of drug-likeness (QED) is 0.590. The summed E-state index contributed by atoms with van der Waals surface area (Å²) in [5.41, 5.74) is 6.85. The van der Waals surface area contributed by atoms with Crippen molar-refractivity contribution in [2.75, 3.05) is 44.6 Å². The Morgan fingerprint density at radius 3 is 3.10 bits per heavy atom. The molecule has 1 aliphatic heterocycles. The molecule has 1 amide bonds. The van der Waals surface area contributed by atoms with Crippen LogP contribution in [0.25, 0.3) is 0 Å². The van der Waals surface area contributed by atoms with Crippen molar-refractivity contribution in [2.45, 2.75) is 12.8 Å². The molecule has 0 saturated carbocycles. The van der Waals surface area contributed by atoms with Crippen LogP contribution in [0, 0.1) is 5.92 Å². The predicted octanol–water partition coefficient (Wildman–Crippen LogP) is 1.66. The van der Waals surface area contributed by atoms with E-state index in [1.165, 1.54) is 0 Å². The van der Waals surface area contributed by atoms with E-state index in [0.29, 0.717) is 42.7 Å². The fraction of sp³-hybridized carbons (Fsp3) is 0.533. The lowest BCUT2D eigenvalue weighted by Gasteiger charge is -2.11. The number of carbonyl (C=O) groups is 1. The van der Waals surface area contributed by atoms with E-state index in [4.69, 9.17) is 19.9 Å². The van der Waals surface area contributed by atoms with Gasteiger partial charge in [-0.05, 0) is 24.6 Å². The maximum absolute atomic E-state index is 11.9. The summed E-state index contributed by atoms with van der Waals surface area (Å²) in [7, 11) is 1.55. The van der Waals surface area contributed by atoms with Crippen molar-refractivity contribution in [3.05, 3.63) is 18.2 Å². The molecule has 1 unspecified atom stereocenters. The van der Waals surface area contributed by atoms with Crippen molar-refractivity contribution in [2.24, 2.45) is 5.92 Å². The van der Waals surface area contributed by atoms with Crippen LogP contribution >= 0.6 is 0 Å². The molecule has 1 aliphatic rings. The van der Waals surface area contributed by atoms with Gasteiger partial charge >= 0.3 is 0 Å². The first-order valence-corrected chi connectivity index (χ1v) is 7.08. The monoisotopic (exact) mass is 294 g/mol. The molecule has 0 spiro atoms. The molecule has 1 saturated heterocycles. The summed E-state index contributed by atoms with van der Waals surface area (Å²) in [6.45, 7) is 2.61. The number of nitrogens with two attached hydrogens (primary N) is 1. The molecule has 0 aliphatic carbocycles. The lowest BCUT2D eigenvalue weighted by molar-refractivity contribution is -0.117. The summed E-state index contributed by atoms with van der Waals surface area (Å²) in [4.78, 5) is 11.9. The third kappa shape index (κ3) is 4.91. The number of nitrogens with one attached hydrogen (secondary N) is 1. The van der Waals surface area contributed by atoms with E-state index >= 15 is 0 Å². The molecular formula is C15H22N2O4. The van der Waals surface area contributed by atoms with Crippen molar-refractivity contribution in [1.29, 1.82) is 0 Å². The van der Waals surface area contributed by atoms with Gasteiger partial charge in [-0.1, -0.05) is 0 Å². The molecule has 6 heteroatoms. The molecule has 2 rings (SSSR count). The zero-order valence-electron chi connectivity index (χ0n) is 12.3. The topological polar surface area (TPSA) is 82.8 Å². The van der Waals surface area contributed by atoms with Gasteiger partial charge in [0.15, 0.2) is 0 Å². The summed E-state index contributed by atoms with van der Waals surface area (Å²) >= 11 is 0. The van der Waals surface area contributed by atoms with E-state index < -0.39 is 0 Å². The number of hydrogen-bond acceptors (Lipinski definition) is 5. The van der Waals surface area contributed by atoms with Gasteiger partial charge in [-0.15, -0.1) is 0 Å². The van der Waals surface area contributed by atoms with Crippen LogP contribution in [0.2, 0.25) is 0 Å². The highest BCUT2D eigenvalue weighted by Crippen LogP contribution is 2.26. The average molecular weight is 294 g/mol. The molecule has 0 radical (unpaired) electrons. The van der Waals surface area contributed by atoms with E-state index in [9.17, 15) is 4.79 Å². The molecule has 6 nitrogen and oxygen atoms in total. The van der Waals surface area contributed by atoms with Gasteiger partial charge in [0.2, 0.25) is 5.91 Å². The number of hydrogen-bond donors (Lipinski definition) is 2. The molecular weight excluding hydrogens is 272 g/mol. The van der Waals surface area contributed by atoms with Crippen LogP contribution in [0.15, 0.2) is 18.2 Å². The SMILES string of the molecule is COc1ccc(N)cc1NC(=O)CCOCC1CCOC1. The molecule has 1 fully saturated rings. The molecule has 1 atom stereocenters. The molecule has 0 aromatic heterocycles. The van der Waals surface area contributed by atoms with Crippen molar-refractivity contribution in [3.63, 3.8) is 0 Å². The van der Waals surface area contributed by atoms with Crippen LogP contribution in [0.4, 0.5) is 11.4 Å². The summed E-state index contributed by atoms with van der Waals surface area (Å²) < 4.78 is 16.0. The van der Waals surface area contributed by atoms with Crippen molar-refractivity contribution in [3.8, 4) is 5.75 Å². The number of amides is 1. The Balaban J connectivity index is 1.72. The second-order valence-corrected chi connectivity index (χ2v) is 5.06. The molecule has 1 heterocycles. The van der Waals surface area contributed by atoms with Gasteiger partial charge < -0.3 is 25.3 Å². The fourth-order valence-corrected chi connectivity index (χ4v) is 2.17. The summed E-state index contributed by atoms with van der Waals surface area (Å²) in [5, 5.41) is 2.78. The second kappa shape index (κ2) is 7.85. The molecule has 21 heavy (non-hydrogen) atoms. The van der Waals surface area contributed by atoms with Crippen LogP contribution < -0.4 is 15.8 Å². The Kier molecular flexibility index (Phi) is 5.83. The fourth-order valence-electron chi connectivity index (χ4n) is 2.17. The number of methoxy groups -OCH3 is 1. The van der Waals surface area contributed by atoms with Crippen LogP contribution in [0.1, 0.15) is 12.8 Å². The van der Waals surface area contributed by atoms with E-state index in [-0.39, 0.29) is 5.91 Å².